The van der Waals surface area contributed by atoms with E-state index in [1.165, 1.54) is 12.8 Å². The Labute approximate surface area is 388 Å². The van der Waals surface area contributed by atoms with Crippen LogP contribution in [-0.4, -0.2) is 125 Å². The first-order valence-electron chi connectivity index (χ1n) is 26.2. The Morgan fingerprint density at radius 1 is 0.277 bits per heavy atom. The van der Waals surface area contributed by atoms with Gasteiger partial charge < -0.3 is 28.4 Å². The van der Waals surface area contributed by atoms with Crippen LogP contribution in [0.2, 0.25) is 0 Å². The quantitative estimate of drug-likeness (QED) is 0.0649. The lowest BCUT2D eigenvalue weighted by Crippen LogP contribution is -2.37. The maximum atomic E-state index is 13.5. The molecule has 0 saturated heterocycles. The van der Waals surface area contributed by atoms with Crippen LogP contribution in [0, 0.1) is 47.3 Å². The fourth-order valence-electron chi connectivity index (χ4n) is 11.6. The lowest BCUT2D eigenvalue weighted by atomic mass is 9.74. The van der Waals surface area contributed by atoms with Crippen LogP contribution in [0.1, 0.15) is 161 Å². The van der Waals surface area contributed by atoms with Gasteiger partial charge in [0.1, 0.15) is 39.6 Å². The smallest absolute Gasteiger partial charge is 0.308 e. The van der Waals surface area contributed by atoms with Crippen molar-refractivity contribution >= 4 is 35.8 Å². The number of hydrogen-bond donors (Lipinski definition) is 0. The molecule has 4 unspecified atom stereocenters. The molecule has 65 heavy (non-hydrogen) atoms. The summed E-state index contributed by atoms with van der Waals surface area (Å²) in [7, 11) is 0. The van der Waals surface area contributed by atoms with Crippen LogP contribution in [0.3, 0.4) is 0 Å². The molecule has 0 bridgehead atoms. The van der Waals surface area contributed by atoms with Gasteiger partial charge in [0.05, 0.1) is 35.5 Å². The van der Waals surface area contributed by atoms with Crippen LogP contribution >= 0.6 is 0 Å². The SMILES string of the molecule is O=C(OCCN(CCOC(=O)C1CCCCC1)CCOC(=O)C1CCCC(C2CCC(C(=O)OCCN(CCOC(=O)C3CCCC3)CCOC(=O)C3CCCC3)C2)C1)C1CCCCC1. The van der Waals surface area contributed by atoms with Crippen molar-refractivity contribution in [3.63, 3.8) is 0 Å². The minimum atomic E-state index is -0.184. The zero-order valence-electron chi connectivity index (χ0n) is 39.6. The van der Waals surface area contributed by atoms with E-state index in [1.54, 1.807) is 0 Å². The van der Waals surface area contributed by atoms with Crippen LogP contribution in [0.25, 0.3) is 0 Å². The molecule has 0 aliphatic heterocycles. The molecular formula is C51H82N2O12. The van der Waals surface area contributed by atoms with Gasteiger partial charge in [0.2, 0.25) is 0 Å². The molecule has 0 N–H and O–H groups in total. The molecule has 0 spiro atoms. The van der Waals surface area contributed by atoms with Crippen molar-refractivity contribution in [2.45, 2.75) is 161 Å². The Hall–Kier alpha value is -3.26. The van der Waals surface area contributed by atoms with Crippen molar-refractivity contribution in [3.05, 3.63) is 0 Å². The van der Waals surface area contributed by atoms with E-state index < -0.39 is 0 Å². The monoisotopic (exact) mass is 915 g/mol. The summed E-state index contributed by atoms with van der Waals surface area (Å²) >= 11 is 0. The number of carbonyl (C=O) groups excluding carboxylic acids is 6. The third kappa shape index (κ3) is 17.4. The number of nitrogens with zero attached hydrogens (tertiary/aromatic N) is 2. The average molecular weight is 915 g/mol. The molecule has 14 heteroatoms. The van der Waals surface area contributed by atoms with Crippen LogP contribution < -0.4 is 0 Å². The fraction of sp³-hybridized carbons (Fsp3) is 0.882. The first-order chi connectivity index (χ1) is 31.7. The molecule has 6 rings (SSSR count). The Morgan fingerprint density at radius 2 is 0.523 bits per heavy atom. The minimum Gasteiger partial charge on any atom is -0.464 e. The third-order valence-corrected chi connectivity index (χ3v) is 15.7. The second-order valence-corrected chi connectivity index (χ2v) is 20.2. The summed E-state index contributed by atoms with van der Waals surface area (Å²) < 4.78 is 34.3. The normalized spacial score (nSPS) is 24.8. The van der Waals surface area contributed by atoms with E-state index in [4.69, 9.17) is 28.4 Å². The van der Waals surface area contributed by atoms with Gasteiger partial charge in [-0.1, -0.05) is 77.0 Å². The van der Waals surface area contributed by atoms with E-state index in [0.29, 0.717) is 51.1 Å². The second-order valence-electron chi connectivity index (χ2n) is 20.2. The molecule has 0 aromatic carbocycles. The predicted octanol–water partition coefficient (Wildman–Crippen LogP) is 7.61. The summed E-state index contributed by atoms with van der Waals surface area (Å²) in [6, 6.07) is 0. The van der Waals surface area contributed by atoms with Gasteiger partial charge in [-0.25, -0.2) is 0 Å². The highest BCUT2D eigenvalue weighted by Crippen LogP contribution is 2.44. The second kappa shape index (κ2) is 28.2. The van der Waals surface area contributed by atoms with Gasteiger partial charge in [-0.2, -0.15) is 0 Å². The van der Waals surface area contributed by atoms with E-state index >= 15 is 0 Å². The van der Waals surface area contributed by atoms with Crippen LogP contribution in [0.5, 0.6) is 0 Å². The summed E-state index contributed by atoms with van der Waals surface area (Å²) in [5, 5.41) is 0. The van der Waals surface area contributed by atoms with E-state index in [0.717, 1.165) is 148 Å². The first kappa shape index (κ1) is 51.1. The molecule has 0 amide bonds. The van der Waals surface area contributed by atoms with Crippen molar-refractivity contribution in [2.75, 3.05) is 78.9 Å². The average Bonchev–Trinajstić information content (AvgIpc) is 4.17. The minimum absolute atomic E-state index is 0.00904. The summed E-state index contributed by atoms with van der Waals surface area (Å²) in [4.78, 5) is 81.3. The van der Waals surface area contributed by atoms with Gasteiger partial charge in [0.25, 0.3) is 0 Å². The van der Waals surface area contributed by atoms with Gasteiger partial charge in [-0.3, -0.25) is 38.6 Å². The molecule has 6 aliphatic carbocycles. The number of carbonyl (C=O) groups is 6. The first-order valence-corrected chi connectivity index (χ1v) is 26.2. The molecule has 6 saturated carbocycles. The molecule has 14 nitrogen and oxygen atoms in total. The van der Waals surface area contributed by atoms with Crippen LogP contribution in [0.4, 0.5) is 0 Å². The number of esters is 6. The fourth-order valence-corrected chi connectivity index (χ4v) is 11.6. The van der Waals surface area contributed by atoms with Gasteiger partial charge in [-0.05, 0) is 95.3 Å². The molecule has 6 aliphatic rings. The Bertz CT molecular complexity index is 1410. The van der Waals surface area contributed by atoms with Gasteiger partial charge in [-0.15, -0.1) is 0 Å². The summed E-state index contributed by atoms with van der Waals surface area (Å²) in [6.07, 6.45) is 23.9. The lowest BCUT2D eigenvalue weighted by Gasteiger charge is -2.32. The maximum absolute atomic E-state index is 13.5. The maximum Gasteiger partial charge on any atom is 0.308 e. The predicted molar refractivity (Wildman–Crippen MR) is 242 cm³/mol. The third-order valence-electron chi connectivity index (χ3n) is 15.7. The van der Waals surface area contributed by atoms with Gasteiger partial charge in [0, 0.05) is 39.3 Å². The molecule has 0 heterocycles. The Morgan fingerprint density at radius 3 is 0.846 bits per heavy atom. The molecule has 0 radical (unpaired) electrons. The summed E-state index contributed by atoms with van der Waals surface area (Å²) in [5.41, 5.74) is 0. The van der Waals surface area contributed by atoms with Gasteiger partial charge in [0.15, 0.2) is 0 Å². The highest BCUT2D eigenvalue weighted by molar-refractivity contribution is 5.74. The lowest BCUT2D eigenvalue weighted by molar-refractivity contribution is -0.153. The van der Waals surface area contributed by atoms with E-state index in [2.05, 4.69) is 4.90 Å². The van der Waals surface area contributed by atoms with Crippen molar-refractivity contribution < 1.29 is 57.2 Å². The standard InChI is InChI=1S/C51H82N2O12/c54-46(38-12-3-1-4-13-38)60-30-24-52(25-31-61-47(55)39-14-5-2-6-15-39)28-34-64-50(58)44-21-11-20-42(36-44)43-22-23-45(37-43)51(59)65-35-29-53(26-32-62-48(56)40-16-7-8-17-40)27-33-63-49(57)41-18-9-10-19-41/h38-45H,1-37H2. The summed E-state index contributed by atoms with van der Waals surface area (Å²) in [6.45, 7) is 4.20. The molecule has 6 fully saturated rings. The van der Waals surface area contributed by atoms with Crippen LogP contribution in [0.15, 0.2) is 0 Å². The van der Waals surface area contributed by atoms with E-state index in [1.807, 2.05) is 4.90 Å². The number of hydrogen-bond acceptors (Lipinski definition) is 14. The molecule has 4 atom stereocenters. The zero-order chi connectivity index (χ0) is 45.6. The summed E-state index contributed by atoms with van der Waals surface area (Å²) in [5.74, 6) is -0.593. The molecule has 0 aromatic rings. The van der Waals surface area contributed by atoms with E-state index in [9.17, 15) is 28.8 Å². The highest BCUT2D eigenvalue weighted by atomic mass is 16.6. The number of ether oxygens (including phenoxy) is 6. The Balaban J connectivity index is 0.893. The topological polar surface area (TPSA) is 164 Å². The van der Waals surface area contributed by atoms with Crippen molar-refractivity contribution in [2.24, 2.45) is 47.3 Å². The van der Waals surface area contributed by atoms with Crippen molar-refractivity contribution in [1.29, 1.82) is 0 Å². The highest BCUT2D eigenvalue weighted by Gasteiger charge is 2.39. The molecule has 0 aromatic heterocycles. The van der Waals surface area contributed by atoms with Crippen molar-refractivity contribution in [3.8, 4) is 0 Å². The largest absolute Gasteiger partial charge is 0.464 e. The van der Waals surface area contributed by atoms with E-state index in [-0.39, 0.29) is 111 Å². The van der Waals surface area contributed by atoms with Crippen molar-refractivity contribution in [1.82, 2.24) is 9.80 Å². The number of rotatable bonds is 25. The zero-order valence-corrected chi connectivity index (χ0v) is 39.6. The Kier molecular flexibility index (Phi) is 22.2. The molecular weight excluding hydrogens is 833 g/mol. The van der Waals surface area contributed by atoms with Gasteiger partial charge >= 0.3 is 35.8 Å². The molecule has 368 valence electrons. The van der Waals surface area contributed by atoms with Crippen LogP contribution in [-0.2, 0) is 57.2 Å².